The van der Waals surface area contributed by atoms with Gasteiger partial charge in [0.1, 0.15) is 5.69 Å². The van der Waals surface area contributed by atoms with Crippen molar-refractivity contribution >= 4 is 200 Å². The van der Waals surface area contributed by atoms with Crippen molar-refractivity contribution < 1.29 is 0 Å². The smallest absolute Gasteiger partial charge is 0.161 e. The van der Waals surface area contributed by atoms with Crippen LogP contribution in [0.2, 0.25) is 0 Å². The zero-order chi connectivity index (χ0) is 88.0. The van der Waals surface area contributed by atoms with E-state index in [4.69, 9.17) is 34.9 Å². The largest absolute Gasteiger partial charge is 0.309 e. The highest BCUT2D eigenvalue weighted by molar-refractivity contribution is 7.27. The molecule has 0 radical (unpaired) electrons. The molecule has 0 amide bonds. The molecule has 134 heavy (non-hydrogen) atoms. The maximum atomic E-state index is 5.27. The summed E-state index contributed by atoms with van der Waals surface area (Å²) >= 11 is 5.20. The number of hydrogen-bond acceptors (Lipinski definition) is 15. The van der Waals surface area contributed by atoms with Gasteiger partial charge in [-0.05, 0) is 165 Å². The van der Waals surface area contributed by atoms with Gasteiger partial charge < -0.3 is 14.7 Å². The van der Waals surface area contributed by atoms with E-state index in [2.05, 4.69) is 383 Å². The molecule has 0 saturated heterocycles. The Morgan fingerprint density at radius 1 is 0.209 bits per heavy atom. The number of aromatic nitrogens is 9. The summed E-state index contributed by atoms with van der Waals surface area (Å²) in [7, 11) is 0. The number of para-hydroxylation sites is 3. The quantitative estimate of drug-likeness (QED) is 0.137. The zero-order valence-electron chi connectivity index (χ0n) is 71.5. The molecule has 3 aliphatic heterocycles. The SMILES string of the molecule is c1ccc(-c2nc(-c3cccc4c(N5c6ccccc6-c6cccc7cccc5c67)cccc34)nc3c2sc2ccccc23)nc1.c1ccc2c(c1)-c1cccc3cccc(c13)N2c1cccc2cc(-c3nc(-c4ccncc4)c4sc5ccccc5c4n3)ccc12.c1cncc(-c2nc(-c3cccc(N4c5ccccc5-c5cccc6cccc4c56)c3)nc3c2sc2ccccc23)c1. The second-order valence-electron chi connectivity index (χ2n) is 33.7. The summed E-state index contributed by atoms with van der Waals surface area (Å²) < 4.78 is 6.84. The third-order valence-corrected chi connectivity index (χ3v) is 29.7. The number of anilines is 9. The van der Waals surface area contributed by atoms with Crippen LogP contribution in [0.3, 0.4) is 0 Å². The van der Waals surface area contributed by atoms with Crippen molar-refractivity contribution in [3.8, 4) is 101 Å². The van der Waals surface area contributed by atoms with Crippen LogP contribution in [-0.2, 0) is 0 Å². The minimum Gasteiger partial charge on any atom is -0.309 e. The lowest BCUT2D eigenvalue weighted by Crippen LogP contribution is -2.15. The molecule has 0 aliphatic carbocycles. The molecule has 12 heterocycles. The van der Waals surface area contributed by atoms with Crippen LogP contribution in [0.1, 0.15) is 0 Å². The topological polar surface area (TPSA) is 126 Å². The van der Waals surface area contributed by atoms with Crippen molar-refractivity contribution in [1.29, 1.82) is 0 Å². The van der Waals surface area contributed by atoms with E-state index in [1.165, 1.54) is 114 Å². The number of thiophene rings is 3. The molecule has 0 bridgehead atoms. The highest BCUT2D eigenvalue weighted by Crippen LogP contribution is 2.57. The first-order valence-corrected chi connectivity index (χ1v) is 47.1. The average Bonchev–Trinajstić information content (AvgIpc) is 0.831. The second kappa shape index (κ2) is 31.3. The molecule has 29 rings (SSSR count). The molecule has 0 fully saturated rings. The lowest BCUT2D eigenvalue weighted by Gasteiger charge is -2.34. The Bertz CT molecular complexity index is 9330. The highest BCUT2D eigenvalue weighted by Gasteiger charge is 2.32. The van der Waals surface area contributed by atoms with Gasteiger partial charge in [0.05, 0.1) is 93.2 Å². The van der Waals surface area contributed by atoms with Gasteiger partial charge in [0.25, 0.3) is 0 Å². The Morgan fingerprint density at radius 2 is 0.612 bits per heavy atom. The molecule has 9 aromatic heterocycles. The maximum Gasteiger partial charge on any atom is 0.161 e. The fourth-order valence-electron chi connectivity index (χ4n) is 20.4. The third kappa shape index (κ3) is 12.4. The van der Waals surface area contributed by atoms with Gasteiger partial charge in [0, 0.05) is 138 Å². The van der Waals surface area contributed by atoms with E-state index >= 15 is 0 Å². The van der Waals surface area contributed by atoms with Gasteiger partial charge in [-0.3, -0.25) is 15.0 Å². The van der Waals surface area contributed by atoms with E-state index in [1.807, 2.05) is 61.2 Å². The average molecular weight is 1760 g/mol. The third-order valence-electron chi connectivity index (χ3n) is 26.2. The molecule has 3 aliphatic rings. The fraction of sp³-hybridized carbons (Fsp3) is 0. The van der Waals surface area contributed by atoms with Crippen molar-refractivity contribution in [2.45, 2.75) is 0 Å². The van der Waals surface area contributed by atoms with Crippen molar-refractivity contribution in [3.63, 3.8) is 0 Å². The molecule has 0 atom stereocenters. The Balaban J connectivity index is 0.000000102. The van der Waals surface area contributed by atoms with Gasteiger partial charge in [-0.1, -0.05) is 273 Å². The number of hydrogen-bond donors (Lipinski definition) is 0. The molecule has 624 valence electrons. The standard InChI is InChI=1S/2C41H24N4S.C37H22N4S/c1-3-14-34-30(11-1)31-13-5-8-25-9-6-16-35(37(25)31)45(34)33-15-7-10-27-24-28(18-19-29(27)33)41-43-38(26-20-22-42-23-21-26)40-39(44-41)32-12-2-4-17-36(32)46-40;1-3-20-33-28(13-1)29-17-7-11-25-12-8-22-35(37(25)29)45(33)34-21-10-15-26-27(34)16-9-18-30(26)41-43-38-31-14-2-4-23-36(31)46-40(38)39(44-41)32-19-5-6-24-42-32;1-3-17-30-27(14-1)28-16-6-9-23-10-7-18-31(33(23)28)41(30)26-13-5-11-24(21-26)37-39-34(25-12-8-20-38-22-25)36-35(40-37)29-15-2-4-19-32(29)42-36/h2*1-24H;1-22H. The van der Waals surface area contributed by atoms with Gasteiger partial charge in [-0.15, -0.1) is 34.0 Å². The molecule has 0 N–H and O–H groups in total. The van der Waals surface area contributed by atoms with E-state index < -0.39 is 0 Å². The summed E-state index contributed by atoms with van der Waals surface area (Å²) in [5.41, 5.74) is 29.4. The number of benzene rings is 17. The molecular formula is C119H70N12S3. The van der Waals surface area contributed by atoms with Crippen molar-refractivity contribution in [3.05, 3.63) is 425 Å². The number of nitrogens with zero attached hydrogens (tertiary/aromatic N) is 12. The molecule has 0 unspecified atom stereocenters. The number of pyridine rings is 3. The predicted molar refractivity (Wildman–Crippen MR) is 559 cm³/mol. The summed E-state index contributed by atoms with van der Waals surface area (Å²) in [6, 6.07) is 140. The van der Waals surface area contributed by atoms with Gasteiger partial charge >= 0.3 is 0 Å². The van der Waals surface area contributed by atoms with E-state index in [0.717, 1.165) is 142 Å². The van der Waals surface area contributed by atoms with Gasteiger partial charge in [-0.2, -0.15) is 0 Å². The molecular weight excluding hydrogens is 1690 g/mol. The van der Waals surface area contributed by atoms with Crippen LogP contribution < -0.4 is 14.7 Å². The summed E-state index contributed by atoms with van der Waals surface area (Å²) in [5.74, 6) is 2.12. The maximum absolute atomic E-state index is 5.27. The summed E-state index contributed by atoms with van der Waals surface area (Å²) in [6.45, 7) is 0. The lowest BCUT2D eigenvalue weighted by atomic mass is 9.90. The molecule has 17 aromatic carbocycles. The van der Waals surface area contributed by atoms with Crippen molar-refractivity contribution in [2.24, 2.45) is 0 Å². The molecule has 15 heteroatoms. The molecule has 0 spiro atoms. The first kappa shape index (κ1) is 76.8. The van der Waals surface area contributed by atoms with E-state index in [1.54, 1.807) is 40.2 Å². The normalized spacial score (nSPS) is 12.3. The Morgan fingerprint density at radius 3 is 1.16 bits per heavy atom. The summed E-state index contributed by atoms with van der Waals surface area (Å²) in [5, 5.41) is 15.6. The summed E-state index contributed by atoms with van der Waals surface area (Å²) in [4.78, 5) is 51.8. The number of fused-ring (bicyclic) bond motifs is 17. The predicted octanol–water partition coefficient (Wildman–Crippen LogP) is 32.8. The summed E-state index contributed by atoms with van der Waals surface area (Å²) in [6.07, 6.45) is 9.16. The van der Waals surface area contributed by atoms with E-state index in [9.17, 15) is 0 Å². The molecule has 12 nitrogen and oxygen atoms in total. The van der Waals surface area contributed by atoms with Gasteiger partial charge in [0.2, 0.25) is 0 Å². The Kier molecular flexibility index (Phi) is 17.9. The minimum absolute atomic E-state index is 0.700. The first-order chi connectivity index (χ1) is 66.5. The zero-order valence-corrected chi connectivity index (χ0v) is 74.0. The molecule has 0 saturated carbocycles. The van der Waals surface area contributed by atoms with Crippen LogP contribution in [0.5, 0.6) is 0 Å². The molecule has 26 aromatic rings. The minimum atomic E-state index is 0.700. The highest BCUT2D eigenvalue weighted by atomic mass is 32.1. The van der Waals surface area contributed by atoms with Crippen LogP contribution in [0.15, 0.2) is 425 Å². The van der Waals surface area contributed by atoms with Crippen LogP contribution in [0.4, 0.5) is 51.2 Å². The first-order valence-electron chi connectivity index (χ1n) is 44.7. The van der Waals surface area contributed by atoms with Crippen LogP contribution in [0.25, 0.3) is 216 Å². The van der Waals surface area contributed by atoms with Crippen molar-refractivity contribution in [1.82, 2.24) is 44.9 Å². The van der Waals surface area contributed by atoms with Gasteiger partial charge in [-0.25, -0.2) is 29.9 Å². The monoisotopic (exact) mass is 1760 g/mol. The van der Waals surface area contributed by atoms with Gasteiger partial charge in [0.15, 0.2) is 17.5 Å². The second-order valence-corrected chi connectivity index (χ2v) is 36.9. The van der Waals surface area contributed by atoms with E-state index in [0.29, 0.717) is 11.6 Å². The number of rotatable bonds is 9. The Hall–Kier alpha value is -17.2. The Labute approximate surface area is 780 Å². The van der Waals surface area contributed by atoms with Crippen LogP contribution >= 0.6 is 34.0 Å². The fourth-order valence-corrected chi connectivity index (χ4v) is 23.8. The van der Waals surface area contributed by atoms with Crippen LogP contribution in [-0.4, -0.2) is 44.9 Å². The van der Waals surface area contributed by atoms with E-state index in [-0.39, 0.29) is 0 Å². The van der Waals surface area contributed by atoms with Crippen LogP contribution in [0, 0.1) is 0 Å². The lowest BCUT2D eigenvalue weighted by molar-refractivity contribution is 1.21. The van der Waals surface area contributed by atoms with Crippen molar-refractivity contribution in [2.75, 3.05) is 14.7 Å².